The third-order valence-electron chi connectivity index (χ3n) is 2.37. The number of rotatable bonds is 6. The first-order valence-corrected chi connectivity index (χ1v) is 5.74. The van der Waals surface area contributed by atoms with Gasteiger partial charge in [0.05, 0.1) is 12.8 Å². The number of azide groups is 1. The highest BCUT2D eigenvalue weighted by Gasteiger charge is 2.07. The van der Waals surface area contributed by atoms with Crippen LogP contribution in [0.2, 0.25) is 0 Å². The van der Waals surface area contributed by atoms with Crippen molar-refractivity contribution in [3.05, 3.63) is 28.6 Å². The predicted octanol–water partition coefficient (Wildman–Crippen LogP) is 3.77. The maximum absolute atomic E-state index is 11.6. The van der Waals surface area contributed by atoms with E-state index in [1.807, 2.05) is 6.92 Å². The summed E-state index contributed by atoms with van der Waals surface area (Å²) >= 11 is 0. The van der Waals surface area contributed by atoms with Gasteiger partial charge in [0.2, 0.25) is 5.91 Å². The van der Waals surface area contributed by atoms with Gasteiger partial charge in [-0.25, -0.2) is 0 Å². The van der Waals surface area contributed by atoms with Crippen molar-refractivity contribution < 1.29 is 9.53 Å². The summed E-state index contributed by atoms with van der Waals surface area (Å²) in [5, 5.41) is 6.23. The van der Waals surface area contributed by atoms with E-state index >= 15 is 0 Å². The Kier molecular flexibility index (Phi) is 5.54. The second-order valence-corrected chi connectivity index (χ2v) is 3.73. The van der Waals surface area contributed by atoms with Gasteiger partial charge in [-0.15, -0.1) is 0 Å². The molecule has 0 atom stereocenters. The van der Waals surface area contributed by atoms with E-state index in [0.717, 1.165) is 12.8 Å². The second kappa shape index (κ2) is 7.19. The van der Waals surface area contributed by atoms with Crippen LogP contribution in [0.25, 0.3) is 10.4 Å². The number of anilines is 1. The Labute approximate surface area is 106 Å². The number of unbranched alkanes of at least 4 members (excludes halogenated alkanes) is 1. The Morgan fingerprint density at radius 1 is 1.56 bits per heavy atom. The lowest BCUT2D eigenvalue weighted by Crippen LogP contribution is -2.11. The molecule has 0 aromatic heterocycles. The van der Waals surface area contributed by atoms with E-state index in [2.05, 4.69) is 15.3 Å². The van der Waals surface area contributed by atoms with Crippen LogP contribution in [0.5, 0.6) is 5.75 Å². The molecule has 96 valence electrons. The van der Waals surface area contributed by atoms with Crippen LogP contribution in [0.4, 0.5) is 11.4 Å². The highest BCUT2D eigenvalue weighted by molar-refractivity contribution is 5.92. The van der Waals surface area contributed by atoms with E-state index in [0.29, 0.717) is 23.5 Å². The van der Waals surface area contributed by atoms with Gasteiger partial charge in [-0.1, -0.05) is 18.5 Å². The summed E-state index contributed by atoms with van der Waals surface area (Å²) in [4.78, 5) is 14.3. The van der Waals surface area contributed by atoms with Crippen LogP contribution in [-0.2, 0) is 4.79 Å². The number of methoxy groups -OCH3 is 1. The second-order valence-electron chi connectivity index (χ2n) is 3.73. The number of carbonyl (C=O) groups is 1. The van der Waals surface area contributed by atoms with Crippen LogP contribution >= 0.6 is 0 Å². The highest BCUT2D eigenvalue weighted by atomic mass is 16.5. The Bertz CT molecular complexity index is 467. The average Bonchev–Trinajstić information content (AvgIpc) is 2.37. The van der Waals surface area contributed by atoms with Gasteiger partial charge < -0.3 is 10.1 Å². The van der Waals surface area contributed by atoms with E-state index < -0.39 is 0 Å². The Morgan fingerprint density at radius 3 is 2.94 bits per heavy atom. The maximum atomic E-state index is 11.6. The Morgan fingerprint density at radius 2 is 2.33 bits per heavy atom. The lowest BCUT2D eigenvalue weighted by molar-refractivity contribution is -0.116. The Hall–Kier alpha value is -2.20. The van der Waals surface area contributed by atoms with Gasteiger partial charge in [-0.05, 0) is 30.2 Å². The van der Waals surface area contributed by atoms with Gasteiger partial charge in [0, 0.05) is 17.0 Å². The SMILES string of the molecule is CCCCC(=O)Nc1cc(N=[N+]=[N-])ccc1OC. The molecule has 0 saturated heterocycles. The first kappa shape index (κ1) is 13.9. The molecule has 1 rings (SSSR count). The summed E-state index contributed by atoms with van der Waals surface area (Å²) < 4.78 is 5.13. The molecule has 0 saturated carbocycles. The number of nitrogens with one attached hydrogen (secondary N) is 1. The van der Waals surface area contributed by atoms with Crippen molar-refractivity contribution in [1.29, 1.82) is 0 Å². The molecule has 0 bridgehead atoms. The molecule has 18 heavy (non-hydrogen) atoms. The van der Waals surface area contributed by atoms with Crippen LogP contribution in [-0.4, -0.2) is 13.0 Å². The summed E-state index contributed by atoms with van der Waals surface area (Å²) in [6.07, 6.45) is 2.26. The molecule has 0 spiro atoms. The van der Waals surface area contributed by atoms with Gasteiger partial charge in [-0.3, -0.25) is 4.79 Å². The summed E-state index contributed by atoms with van der Waals surface area (Å²) in [6.45, 7) is 2.02. The molecule has 0 aliphatic rings. The van der Waals surface area contributed by atoms with Crippen molar-refractivity contribution >= 4 is 17.3 Å². The van der Waals surface area contributed by atoms with E-state index in [4.69, 9.17) is 10.3 Å². The third-order valence-corrected chi connectivity index (χ3v) is 2.37. The number of ether oxygens (including phenoxy) is 1. The van der Waals surface area contributed by atoms with Gasteiger partial charge in [0.25, 0.3) is 0 Å². The zero-order chi connectivity index (χ0) is 13.4. The van der Waals surface area contributed by atoms with Gasteiger partial charge in [0.15, 0.2) is 0 Å². The fourth-order valence-corrected chi connectivity index (χ4v) is 1.46. The molecule has 1 N–H and O–H groups in total. The minimum Gasteiger partial charge on any atom is -0.495 e. The van der Waals surface area contributed by atoms with Crippen molar-refractivity contribution in [2.45, 2.75) is 26.2 Å². The predicted molar refractivity (Wildman–Crippen MR) is 70.0 cm³/mol. The Balaban J connectivity index is 2.87. The van der Waals surface area contributed by atoms with E-state index in [1.165, 1.54) is 7.11 Å². The van der Waals surface area contributed by atoms with Gasteiger partial charge in [-0.2, -0.15) is 0 Å². The quantitative estimate of drug-likeness (QED) is 0.472. The fourth-order valence-electron chi connectivity index (χ4n) is 1.46. The molecular weight excluding hydrogens is 232 g/mol. The fraction of sp³-hybridized carbons (Fsp3) is 0.417. The van der Waals surface area contributed by atoms with Gasteiger partial charge >= 0.3 is 0 Å². The van der Waals surface area contributed by atoms with Crippen molar-refractivity contribution in [3.63, 3.8) is 0 Å². The molecular formula is C12H16N4O2. The van der Waals surface area contributed by atoms with Crippen molar-refractivity contribution in [3.8, 4) is 5.75 Å². The molecule has 6 heteroatoms. The topological polar surface area (TPSA) is 87.1 Å². The largest absolute Gasteiger partial charge is 0.495 e. The summed E-state index contributed by atoms with van der Waals surface area (Å²) in [6, 6.07) is 4.86. The number of carbonyl (C=O) groups excluding carboxylic acids is 1. The maximum Gasteiger partial charge on any atom is 0.224 e. The number of nitrogens with zero attached hydrogens (tertiary/aromatic N) is 3. The van der Waals surface area contributed by atoms with Crippen LogP contribution in [0, 0.1) is 0 Å². The van der Waals surface area contributed by atoms with E-state index in [-0.39, 0.29) is 5.91 Å². The number of benzene rings is 1. The molecule has 0 aliphatic carbocycles. The molecule has 6 nitrogen and oxygen atoms in total. The van der Waals surface area contributed by atoms with Crippen LogP contribution in [0.15, 0.2) is 23.3 Å². The van der Waals surface area contributed by atoms with E-state index in [9.17, 15) is 4.79 Å². The molecule has 1 aromatic carbocycles. The van der Waals surface area contributed by atoms with Crippen molar-refractivity contribution in [1.82, 2.24) is 0 Å². The number of hydrogen-bond donors (Lipinski definition) is 1. The summed E-state index contributed by atoms with van der Waals surface area (Å²) in [5.74, 6) is 0.463. The third kappa shape index (κ3) is 3.99. The lowest BCUT2D eigenvalue weighted by atomic mass is 10.2. The van der Waals surface area contributed by atoms with Crippen LogP contribution in [0.3, 0.4) is 0 Å². The molecule has 0 fully saturated rings. The summed E-state index contributed by atoms with van der Waals surface area (Å²) in [7, 11) is 1.52. The standard InChI is InChI=1S/C12H16N4O2/c1-3-4-5-12(17)14-10-8-9(15-16-13)6-7-11(10)18-2/h6-8H,3-5H2,1-2H3,(H,14,17). The lowest BCUT2D eigenvalue weighted by Gasteiger charge is -2.10. The zero-order valence-corrected chi connectivity index (χ0v) is 10.5. The van der Waals surface area contributed by atoms with Crippen LogP contribution < -0.4 is 10.1 Å². The minimum atomic E-state index is -0.0757. The molecule has 0 aliphatic heterocycles. The van der Waals surface area contributed by atoms with Crippen molar-refractivity contribution in [2.75, 3.05) is 12.4 Å². The number of hydrogen-bond acceptors (Lipinski definition) is 3. The van der Waals surface area contributed by atoms with E-state index in [1.54, 1.807) is 18.2 Å². The average molecular weight is 248 g/mol. The van der Waals surface area contributed by atoms with Crippen LogP contribution in [0.1, 0.15) is 26.2 Å². The normalized spacial score (nSPS) is 9.44. The zero-order valence-electron chi connectivity index (χ0n) is 10.5. The first-order chi connectivity index (χ1) is 8.71. The minimum absolute atomic E-state index is 0.0757. The molecule has 1 amide bonds. The molecule has 1 aromatic rings. The van der Waals surface area contributed by atoms with Crippen molar-refractivity contribution in [2.24, 2.45) is 5.11 Å². The monoisotopic (exact) mass is 248 g/mol. The first-order valence-electron chi connectivity index (χ1n) is 5.74. The molecule has 0 unspecified atom stereocenters. The number of amides is 1. The highest BCUT2D eigenvalue weighted by Crippen LogP contribution is 2.29. The molecule has 0 heterocycles. The van der Waals surface area contributed by atoms with Gasteiger partial charge in [0.1, 0.15) is 5.75 Å². The smallest absolute Gasteiger partial charge is 0.224 e. The summed E-state index contributed by atoms with van der Waals surface area (Å²) in [5.41, 5.74) is 9.33. The molecule has 0 radical (unpaired) electrons.